The fourth-order valence-electron chi connectivity index (χ4n) is 2.07. The number of nitrogens with one attached hydrogen (secondary N) is 1. The second-order valence-electron chi connectivity index (χ2n) is 4.82. The van der Waals surface area contributed by atoms with Gasteiger partial charge in [0.25, 0.3) is 0 Å². The average Bonchev–Trinajstić information content (AvgIpc) is 2.95. The Morgan fingerprint density at radius 1 is 1.43 bits per heavy atom. The van der Waals surface area contributed by atoms with Gasteiger partial charge >= 0.3 is 6.03 Å². The molecule has 0 spiro atoms. The first-order chi connectivity index (χ1) is 10.2. The van der Waals surface area contributed by atoms with Crippen LogP contribution in [0.15, 0.2) is 42.9 Å². The van der Waals surface area contributed by atoms with Crippen molar-refractivity contribution in [2.75, 3.05) is 6.61 Å². The van der Waals surface area contributed by atoms with Crippen molar-refractivity contribution in [2.24, 2.45) is 5.73 Å². The van der Waals surface area contributed by atoms with Gasteiger partial charge in [-0.1, -0.05) is 30.3 Å². The summed E-state index contributed by atoms with van der Waals surface area (Å²) >= 11 is 0. The van der Waals surface area contributed by atoms with E-state index in [0.29, 0.717) is 6.61 Å². The molecule has 0 aliphatic carbocycles. The number of carbonyl (C=O) groups excluding carboxylic acids is 1. The van der Waals surface area contributed by atoms with Gasteiger partial charge in [-0.25, -0.2) is 15.3 Å². The number of aromatic nitrogens is 2. The standard InChI is InChI=1S/C15H20N4O2/c1-12(13-6-3-2-4-7-13)19-10-14(17-11-19)8-5-9-21-18-15(16)20/h2-4,6-7,10-12H,5,8-9H2,1H3,(H3,16,18,20)/t12-/m0/s1. The van der Waals surface area contributed by atoms with E-state index in [1.807, 2.05) is 30.7 Å². The third-order valence-electron chi connectivity index (χ3n) is 3.24. The van der Waals surface area contributed by atoms with E-state index >= 15 is 0 Å². The van der Waals surface area contributed by atoms with Crippen LogP contribution in [0, 0.1) is 0 Å². The van der Waals surface area contributed by atoms with Crippen LogP contribution < -0.4 is 11.2 Å². The predicted octanol–water partition coefficient (Wildman–Crippen LogP) is 2.02. The van der Waals surface area contributed by atoms with Crippen molar-refractivity contribution in [3.8, 4) is 0 Å². The van der Waals surface area contributed by atoms with Crippen molar-refractivity contribution >= 4 is 6.03 Å². The quantitative estimate of drug-likeness (QED) is 0.604. The number of imidazole rings is 1. The van der Waals surface area contributed by atoms with E-state index in [-0.39, 0.29) is 6.04 Å². The Morgan fingerprint density at radius 3 is 2.90 bits per heavy atom. The molecule has 1 aromatic carbocycles. The Balaban J connectivity index is 1.82. The molecule has 112 valence electrons. The van der Waals surface area contributed by atoms with E-state index in [9.17, 15) is 4.79 Å². The Morgan fingerprint density at radius 2 is 2.19 bits per heavy atom. The third kappa shape index (κ3) is 4.61. The van der Waals surface area contributed by atoms with Gasteiger partial charge < -0.3 is 10.3 Å². The molecule has 2 amide bonds. The molecule has 21 heavy (non-hydrogen) atoms. The van der Waals surface area contributed by atoms with Gasteiger partial charge in [0.1, 0.15) is 0 Å². The minimum absolute atomic E-state index is 0.250. The molecule has 3 N–H and O–H groups in total. The fraction of sp³-hybridized carbons (Fsp3) is 0.333. The molecule has 0 unspecified atom stereocenters. The highest BCUT2D eigenvalue weighted by Crippen LogP contribution is 2.17. The highest BCUT2D eigenvalue weighted by atomic mass is 16.7. The molecule has 2 rings (SSSR count). The van der Waals surface area contributed by atoms with Gasteiger partial charge in [-0.05, 0) is 25.3 Å². The van der Waals surface area contributed by atoms with Crippen molar-refractivity contribution in [1.82, 2.24) is 15.0 Å². The third-order valence-corrected chi connectivity index (χ3v) is 3.24. The molecule has 0 bridgehead atoms. The van der Waals surface area contributed by atoms with Crippen LogP contribution in [0.3, 0.4) is 0 Å². The molecule has 2 aromatic rings. The number of amides is 2. The second-order valence-corrected chi connectivity index (χ2v) is 4.82. The second kappa shape index (κ2) is 7.44. The van der Waals surface area contributed by atoms with E-state index in [1.54, 1.807) is 0 Å². The first kappa shape index (κ1) is 15.1. The van der Waals surface area contributed by atoms with Crippen molar-refractivity contribution in [1.29, 1.82) is 0 Å². The number of primary amides is 1. The van der Waals surface area contributed by atoms with E-state index in [0.717, 1.165) is 18.5 Å². The van der Waals surface area contributed by atoms with Gasteiger partial charge in [-0.3, -0.25) is 4.84 Å². The molecule has 0 aliphatic rings. The smallest absolute Gasteiger partial charge is 0.336 e. The molecule has 1 atom stereocenters. The largest absolute Gasteiger partial charge is 0.350 e. The molecule has 0 aliphatic heterocycles. The minimum atomic E-state index is -0.684. The van der Waals surface area contributed by atoms with Gasteiger partial charge in [-0.2, -0.15) is 0 Å². The number of benzene rings is 1. The molecule has 1 aromatic heterocycles. The summed E-state index contributed by atoms with van der Waals surface area (Å²) in [4.78, 5) is 19.7. The van der Waals surface area contributed by atoms with Crippen molar-refractivity contribution in [2.45, 2.75) is 25.8 Å². The molecule has 0 saturated heterocycles. The number of hydroxylamine groups is 1. The van der Waals surface area contributed by atoms with Crippen LogP contribution in [-0.4, -0.2) is 22.2 Å². The van der Waals surface area contributed by atoms with Crippen LogP contribution in [-0.2, 0) is 11.3 Å². The maximum Gasteiger partial charge on any atom is 0.336 e. The van der Waals surface area contributed by atoms with Crippen molar-refractivity contribution in [3.63, 3.8) is 0 Å². The summed E-state index contributed by atoms with van der Waals surface area (Å²) in [5, 5.41) is 0. The Bertz CT molecular complexity index is 568. The summed E-state index contributed by atoms with van der Waals surface area (Å²) in [6.07, 6.45) is 5.43. The van der Waals surface area contributed by atoms with Gasteiger partial charge in [-0.15, -0.1) is 0 Å². The Kier molecular flexibility index (Phi) is 5.34. The SMILES string of the molecule is C[C@@H](c1ccccc1)n1cnc(CCCONC(N)=O)c1. The van der Waals surface area contributed by atoms with Gasteiger partial charge in [0.15, 0.2) is 0 Å². The summed E-state index contributed by atoms with van der Waals surface area (Å²) in [6, 6.07) is 9.85. The number of nitrogens with zero attached hydrogens (tertiary/aromatic N) is 2. The van der Waals surface area contributed by atoms with E-state index in [4.69, 9.17) is 10.6 Å². The normalized spacial score (nSPS) is 12.0. The first-order valence-corrected chi connectivity index (χ1v) is 6.91. The van der Waals surface area contributed by atoms with Crippen LogP contribution in [0.25, 0.3) is 0 Å². The Labute approximate surface area is 123 Å². The molecule has 6 heteroatoms. The average molecular weight is 288 g/mol. The van der Waals surface area contributed by atoms with Gasteiger partial charge in [0.05, 0.1) is 24.7 Å². The van der Waals surface area contributed by atoms with E-state index in [1.165, 1.54) is 5.56 Å². The van der Waals surface area contributed by atoms with E-state index in [2.05, 4.69) is 34.1 Å². The fourth-order valence-corrected chi connectivity index (χ4v) is 2.07. The number of hydrogen-bond donors (Lipinski definition) is 2. The maximum absolute atomic E-state index is 10.4. The molecule has 0 saturated carbocycles. The van der Waals surface area contributed by atoms with Crippen LogP contribution in [0.5, 0.6) is 0 Å². The van der Waals surface area contributed by atoms with Crippen LogP contribution in [0.1, 0.15) is 30.6 Å². The number of rotatable bonds is 7. The molecular weight excluding hydrogens is 268 g/mol. The zero-order valence-electron chi connectivity index (χ0n) is 12.0. The molecule has 0 fully saturated rings. The number of nitrogens with two attached hydrogens (primary N) is 1. The molecule has 0 radical (unpaired) electrons. The lowest BCUT2D eigenvalue weighted by Gasteiger charge is -2.12. The summed E-state index contributed by atoms with van der Waals surface area (Å²) in [5.41, 5.74) is 9.22. The van der Waals surface area contributed by atoms with Crippen LogP contribution in [0.4, 0.5) is 4.79 Å². The Hall–Kier alpha value is -2.34. The van der Waals surface area contributed by atoms with E-state index < -0.39 is 6.03 Å². The topological polar surface area (TPSA) is 82.2 Å². The number of urea groups is 1. The lowest BCUT2D eigenvalue weighted by atomic mass is 10.1. The number of hydrogen-bond acceptors (Lipinski definition) is 3. The number of aryl methyl sites for hydroxylation is 1. The molecule has 1 heterocycles. The zero-order valence-corrected chi connectivity index (χ0v) is 12.0. The summed E-state index contributed by atoms with van der Waals surface area (Å²) in [7, 11) is 0. The summed E-state index contributed by atoms with van der Waals surface area (Å²) in [5.74, 6) is 0. The van der Waals surface area contributed by atoms with Crippen molar-refractivity contribution < 1.29 is 9.63 Å². The van der Waals surface area contributed by atoms with Crippen LogP contribution >= 0.6 is 0 Å². The maximum atomic E-state index is 10.4. The highest BCUT2D eigenvalue weighted by molar-refractivity contribution is 5.70. The zero-order chi connectivity index (χ0) is 15.1. The minimum Gasteiger partial charge on any atom is -0.350 e. The van der Waals surface area contributed by atoms with Gasteiger partial charge in [0, 0.05) is 6.20 Å². The van der Waals surface area contributed by atoms with Crippen molar-refractivity contribution in [3.05, 3.63) is 54.1 Å². The van der Waals surface area contributed by atoms with Gasteiger partial charge in [0.2, 0.25) is 0 Å². The summed E-state index contributed by atoms with van der Waals surface area (Å²) < 4.78 is 2.09. The van der Waals surface area contributed by atoms with Crippen LogP contribution in [0.2, 0.25) is 0 Å². The molecular formula is C15H20N4O2. The first-order valence-electron chi connectivity index (χ1n) is 6.91. The lowest BCUT2D eigenvalue weighted by Crippen LogP contribution is -2.29. The summed E-state index contributed by atoms with van der Waals surface area (Å²) in [6.45, 7) is 2.55. The monoisotopic (exact) mass is 288 g/mol. The number of carbonyl (C=O) groups is 1. The molecule has 6 nitrogen and oxygen atoms in total. The lowest BCUT2D eigenvalue weighted by molar-refractivity contribution is 0.0628. The predicted molar refractivity (Wildman–Crippen MR) is 79.5 cm³/mol. The highest BCUT2D eigenvalue weighted by Gasteiger charge is 2.08.